The fourth-order valence-corrected chi connectivity index (χ4v) is 3.36. The highest BCUT2D eigenvalue weighted by atomic mass is 16.5. The summed E-state index contributed by atoms with van der Waals surface area (Å²) in [6, 6.07) is 13.2. The van der Waals surface area contributed by atoms with E-state index in [2.05, 4.69) is 64.1 Å². The molecular formula is C26H30O2. The molecule has 0 aromatic heterocycles. The molecule has 0 amide bonds. The Bertz CT molecular complexity index is 929. The first-order chi connectivity index (χ1) is 13.7. The van der Waals surface area contributed by atoms with Gasteiger partial charge in [-0.3, -0.25) is 0 Å². The third-order valence-corrected chi connectivity index (χ3v) is 5.00. The molecule has 28 heavy (non-hydrogen) atoms. The molecule has 0 aliphatic heterocycles. The molecule has 0 heterocycles. The van der Waals surface area contributed by atoms with E-state index in [1.165, 1.54) is 11.1 Å². The number of hydrogen-bond donors (Lipinski definition) is 0. The van der Waals surface area contributed by atoms with Crippen LogP contribution in [0.15, 0.2) is 61.1 Å². The lowest BCUT2D eigenvalue weighted by molar-refractivity contribution is 0.482. The van der Waals surface area contributed by atoms with E-state index in [1.807, 2.05) is 12.2 Å². The van der Waals surface area contributed by atoms with E-state index in [4.69, 9.17) is 9.47 Å². The molecule has 3 rings (SSSR count). The summed E-state index contributed by atoms with van der Waals surface area (Å²) >= 11 is 0. The fraction of sp³-hybridized carbons (Fsp3) is 0.308. The van der Waals surface area contributed by atoms with Gasteiger partial charge in [-0.15, -0.1) is 0 Å². The largest absolute Gasteiger partial charge is 0.464 e. The SMILES string of the molecule is CC/C=C/Oc1c2ccc(CC)cc2c(O/C=C/CC)c2ccc(CC)cc12. The van der Waals surface area contributed by atoms with Crippen LogP contribution in [0, 0.1) is 0 Å². The van der Waals surface area contributed by atoms with E-state index in [0.717, 1.165) is 58.7 Å². The Hall–Kier alpha value is -2.74. The van der Waals surface area contributed by atoms with Crippen molar-refractivity contribution >= 4 is 21.5 Å². The van der Waals surface area contributed by atoms with Gasteiger partial charge in [-0.2, -0.15) is 0 Å². The molecule has 0 N–H and O–H groups in total. The van der Waals surface area contributed by atoms with Crippen molar-refractivity contribution in [1.82, 2.24) is 0 Å². The summed E-state index contributed by atoms with van der Waals surface area (Å²) in [5, 5.41) is 4.35. The predicted octanol–water partition coefficient (Wildman–Crippen LogP) is 7.72. The minimum atomic E-state index is 0.902. The minimum absolute atomic E-state index is 0.902. The van der Waals surface area contributed by atoms with Crippen molar-refractivity contribution in [2.75, 3.05) is 0 Å². The highest BCUT2D eigenvalue weighted by molar-refractivity contribution is 6.11. The van der Waals surface area contributed by atoms with Crippen molar-refractivity contribution in [3.8, 4) is 11.5 Å². The Morgan fingerprint density at radius 2 is 1.04 bits per heavy atom. The first-order valence-electron chi connectivity index (χ1n) is 10.4. The van der Waals surface area contributed by atoms with E-state index >= 15 is 0 Å². The van der Waals surface area contributed by atoms with Gasteiger partial charge in [-0.25, -0.2) is 0 Å². The molecule has 0 bridgehead atoms. The van der Waals surface area contributed by atoms with Crippen molar-refractivity contribution in [3.63, 3.8) is 0 Å². The Balaban J connectivity index is 2.37. The second-order valence-electron chi connectivity index (χ2n) is 6.92. The quantitative estimate of drug-likeness (QED) is 0.297. The summed E-state index contributed by atoms with van der Waals surface area (Å²) in [6.07, 6.45) is 11.5. The van der Waals surface area contributed by atoms with Crippen LogP contribution in [-0.2, 0) is 12.8 Å². The molecule has 0 saturated carbocycles. The lowest BCUT2D eigenvalue weighted by atomic mass is 9.96. The van der Waals surface area contributed by atoms with Crippen molar-refractivity contribution in [3.05, 3.63) is 72.2 Å². The molecule has 0 aliphatic carbocycles. The maximum Gasteiger partial charge on any atom is 0.142 e. The van der Waals surface area contributed by atoms with Gasteiger partial charge in [0.05, 0.1) is 12.5 Å². The maximum atomic E-state index is 6.17. The maximum absolute atomic E-state index is 6.17. The van der Waals surface area contributed by atoms with Gasteiger partial charge >= 0.3 is 0 Å². The minimum Gasteiger partial charge on any atom is -0.464 e. The lowest BCUT2D eigenvalue weighted by Crippen LogP contribution is -1.94. The average molecular weight is 375 g/mol. The van der Waals surface area contributed by atoms with E-state index in [1.54, 1.807) is 12.5 Å². The summed E-state index contributed by atoms with van der Waals surface area (Å²) in [4.78, 5) is 0. The van der Waals surface area contributed by atoms with E-state index < -0.39 is 0 Å². The summed E-state index contributed by atoms with van der Waals surface area (Å²) in [7, 11) is 0. The van der Waals surface area contributed by atoms with Gasteiger partial charge in [0.15, 0.2) is 0 Å². The van der Waals surface area contributed by atoms with Crippen molar-refractivity contribution in [1.29, 1.82) is 0 Å². The number of benzene rings is 3. The third kappa shape index (κ3) is 4.06. The summed E-state index contributed by atoms with van der Waals surface area (Å²) in [5.74, 6) is 1.80. The highest BCUT2D eigenvalue weighted by Gasteiger charge is 2.16. The van der Waals surface area contributed by atoms with Crippen LogP contribution in [0.4, 0.5) is 0 Å². The lowest BCUT2D eigenvalue weighted by Gasteiger charge is -2.17. The second kappa shape index (κ2) is 9.45. The number of ether oxygens (including phenoxy) is 2. The monoisotopic (exact) mass is 374 g/mol. The zero-order valence-corrected chi connectivity index (χ0v) is 17.4. The second-order valence-corrected chi connectivity index (χ2v) is 6.92. The van der Waals surface area contributed by atoms with E-state index in [0.29, 0.717) is 0 Å². The van der Waals surface area contributed by atoms with Gasteiger partial charge in [0.1, 0.15) is 11.5 Å². The standard InChI is InChI=1S/C26H30O2/c1-5-9-15-27-25-21-13-11-20(8-4)18-24(21)26(28-16-10-6-2)22-14-12-19(7-3)17-23(22)25/h9-18H,5-8H2,1-4H3/b15-9+,16-10+. The first-order valence-corrected chi connectivity index (χ1v) is 10.4. The zero-order valence-electron chi connectivity index (χ0n) is 17.4. The van der Waals surface area contributed by atoms with Crippen LogP contribution in [0.2, 0.25) is 0 Å². The number of rotatable bonds is 8. The predicted molar refractivity (Wildman–Crippen MR) is 120 cm³/mol. The average Bonchev–Trinajstić information content (AvgIpc) is 2.74. The molecule has 0 fully saturated rings. The number of aryl methyl sites for hydroxylation is 2. The molecular weight excluding hydrogens is 344 g/mol. The Kier molecular flexibility index (Phi) is 6.76. The van der Waals surface area contributed by atoms with Crippen molar-refractivity contribution < 1.29 is 9.47 Å². The first kappa shape index (κ1) is 20.0. The number of hydrogen-bond acceptors (Lipinski definition) is 2. The molecule has 0 saturated heterocycles. The molecule has 146 valence electrons. The molecule has 2 heteroatoms. The van der Waals surface area contributed by atoms with Gasteiger partial charge in [0.25, 0.3) is 0 Å². The van der Waals surface area contributed by atoms with Gasteiger partial charge in [-0.05, 0) is 61.1 Å². The number of allylic oxidation sites excluding steroid dienone is 2. The molecule has 3 aromatic carbocycles. The highest BCUT2D eigenvalue weighted by Crippen LogP contribution is 2.44. The molecule has 0 radical (unpaired) electrons. The Labute approximate surface area is 168 Å². The van der Waals surface area contributed by atoms with Crippen LogP contribution in [0.1, 0.15) is 51.7 Å². The topological polar surface area (TPSA) is 18.5 Å². The van der Waals surface area contributed by atoms with E-state index in [9.17, 15) is 0 Å². The normalized spacial score (nSPS) is 11.9. The molecule has 0 unspecified atom stereocenters. The molecule has 0 atom stereocenters. The van der Waals surface area contributed by atoms with Gasteiger partial charge in [0.2, 0.25) is 0 Å². The third-order valence-electron chi connectivity index (χ3n) is 5.00. The van der Waals surface area contributed by atoms with Crippen LogP contribution < -0.4 is 9.47 Å². The van der Waals surface area contributed by atoms with Crippen LogP contribution in [-0.4, -0.2) is 0 Å². The van der Waals surface area contributed by atoms with Crippen LogP contribution >= 0.6 is 0 Å². The number of fused-ring (bicyclic) bond motifs is 2. The Morgan fingerprint density at radius 1 is 0.607 bits per heavy atom. The van der Waals surface area contributed by atoms with E-state index in [-0.39, 0.29) is 0 Å². The fourth-order valence-electron chi connectivity index (χ4n) is 3.36. The smallest absolute Gasteiger partial charge is 0.142 e. The van der Waals surface area contributed by atoms with Gasteiger partial charge < -0.3 is 9.47 Å². The summed E-state index contributed by atoms with van der Waals surface area (Å²) in [6.45, 7) is 8.56. The molecule has 0 aliphatic rings. The molecule has 3 aromatic rings. The molecule has 2 nitrogen and oxygen atoms in total. The summed E-state index contributed by atoms with van der Waals surface area (Å²) < 4.78 is 12.3. The Morgan fingerprint density at radius 3 is 1.39 bits per heavy atom. The van der Waals surface area contributed by atoms with Crippen molar-refractivity contribution in [2.45, 2.75) is 53.4 Å². The summed E-state index contributed by atoms with van der Waals surface area (Å²) in [5.41, 5.74) is 2.58. The van der Waals surface area contributed by atoms with Crippen molar-refractivity contribution in [2.24, 2.45) is 0 Å². The van der Waals surface area contributed by atoms with Crippen LogP contribution in [0.5, 0.6) is 11.5 Å². The zero-order chi connectivity index (χ0) is 19.9. The van der Waals surface area contributed by atoms with Gasteiger partial charge in [0, 0.05) is 21.5 Å². The van der Waals surface area contributed by atoms with Gasteiger partial charge in [-0.1, -0.05) is 52.0 Å². The van der Waals surface area contributed by atoms with Crippen LogP contribution in [0.3, 0.4) is 0 Å². The molecule has 0 spiro atoms. The van der Waals surface area contributed by atoms with Crippen LogP contribution in [0.25, 0.3) is 21.5 Å².